The fraction of sp³-hybridized carbons (Fsp3) is 1.00. The van der Waals surface area contributed by atoms with Gasteiger partial charge in [0.05, 0.1) is 26.4 Å². The van der Waals surface area contributed by atoms with Crippen molar-refractivity contribution in [2.24, 2.45) is 0 Å². The number of ether oxygens (including phenoxy) is 2. The molecule has 2 aliphatic heterocycles. The summed E-state index contributed by atoms with van der Waals surface area (Å²) in [6.45, 7) is 7.67. The van der Waals surface area contributed by atoms with Crippen LogP contribution in [0.5, 0.6) is 0 Å². The van der Waals surface area contributed by atoms with Crippen LogP contribution in [0.15, 0.2) is 0 Å². The summed E-state index contributed by atoms with van der Waals surface area (Å²) in [5.41, 5.74) is 0. The molecule has 0 unspecified atom stereocenters. The summed E-state index contributed by atoms with van der Waals surface area (Å²) in [5, 5.41) is 6.32. The summed E-state index contributed by atoms with van der Waals surface area (Å²) in [7, 11) is -10.7. The van der Waals surface area contributed by atoms with Gasteiger partial charge in [-0.1, -0.05) is 0 Å². The molecule has 0 atom stereocenters. The highest BCUT2D eigenvalue weighted by molar-refractivity contribution is 8.03. The number of hydrogen-bond donors (Lipinski definition) is 4. The molecule has 2 fully saturated rings. The lowest BCUT2D eigenvalue weighted by Crippen LogP contribution is -2.30. The molecule has 10 nitrogen and oxygen atoms in total. The lowest BCUT2D eigenvalue weighted by Gasteiger charge is -2.10. The normalized spacial score (nSPS) is 19.5. The summed E-state index contributed by atoms with van der Waals surface area (Å²) in [5.74, 6) is 0. The zero-order chi connectivity index (χ0) is 17.1. The monoisotopic (exact) mass is 368 g/mol. The topological polar surface area (TPSA) is 151 Å². The van der Waals surface area contributed by atoms with Crippen LogP contribution in [0.25, 0.3) is 0 Å². The Morgan fingerprint density at radius 1 is 0.773 bits per heavy atom. The minimum absolute atomic E-state index is 0.889. The molecular weight excluding hydrogens is 347 g/mol. The first-order valence-electron chi connectivity index (χ1n) is 6.29. The summed E-state index contributed by atoms with van der Waals surface area (Å²) in [6.07, 6.45) is 0. The molecule has 0 aromatic carbocycles. The van der Waals surface area contributed by atoms with Gasteiger partial charge in [0.25, 0.3) is 0 Å². The van der Waals surface area contributed by atoms with Crippen LogP contribution >= 0.6 is 0 Å². The van der Waals surface area contributed by atoms with Gasteiger partial charge in [-0.2, -0.15) is 16.8 Å². The van der Waals surface area contributed by atoms with Crippen molar-refractivity contribution in [2.75, 3.05) is 52.6 Å². The largest absolute Gasteiger partial charge is 0.379 e. The first-order chi connectivity index (χ1) is 10.2. The highest BCUT2D eigenvalue weighted by Gasteiger charge is 2.34. The van der Waals surface area contributed by atoms with Crippen LogP contribution in [0.2, 0.25) is 0 Å². The maximum absolute atomic E-state index is 11.7. The third kappa shape index (κ3) is 12.2. The van der Waals surface area contributed by atoms with E-state index in [1.165, 1.54) is 0 Å². The highest BCUT2D eigenvalue weighted by Crippen LogP contribution is 2.06. The van der Waals surface area contributed by atoms with E-state index in [1.807, 2.05) is 0 Å². The molecule has 2 aliphatic rings. The average molecular weight is 368 g/mol. The lowest BCUT2D eigenvalue weighted by atomic mass is 10.5. The van der Waals surface area contributed by atoms with Gasteiger partial charge in [0, 0.05) is 26.2 Å². The molecule has 0 radical (unpaired) electrons. The fourth-order valence-electron chi connectivity index (χ4n) is 1.19. The van der Waals surface area contributed by atoms with Gasteiger partial charge < -0.3 is 20.1 Å². The number of morpholine rings is 2. The van der Waals surface area contributed by atoms with Gasteiger partial charge in [-0.15, -0.1) is 0 Å². The molecule has 22 heavy (non-hydrogen) atoms. The molecule has 0 amide bonds. The van der Waals surface area contributed by atoms with Crippen molar-refractivity contribution >= 4 is 20.2 Å². The van der Waals surface area contributed by atoms with Crippen molar-refractivity contribution in [2.45, 2.75) is 4.84 Å². The van der Waals surface area contributed by atoms with E-state index in [9.17, 15) is 21.2 Å². The van der Waals surface area contributed by atoms with Crippen LogP contribution in [0.4, 0.5) is 4.39 Å². The SMILES string of the molecule is C1COCCN1.C1COCCN1.O=S(=O)(O)C(F)S(=O)(=O)O. The molecule has 2 saturated heterocycles. The summed E-state index contributed by atoms with van der Waals surface area (Å²) < 4.78 is 75.6. The van der Waals surface area contributed by atoms with Gasteiger partial charge in [-0.05, 0) is 0 Å². The standard InChI is InChI=1S/2C4H9NO.CH3FO6S2/c2*1-3-6-4-2-5-1;2-1(9(3,4)5)10(6,7)8/h2*5H,1-4H2;1H,(H,3,4,5)(H,6,7,8). The van der Waals surface area contributed by atoms with Crippen molar-refractivity contribution in [1.82, 2.24) is 10.6 Å². The first-order valence-corrected chi connectivity index (χ1v) is 9.30. The number of rotatable bonds is 2. The van der Waals surface area contributed by atoms with Gasteiger partial charge in [0.15, 0.2) is 0 Å². The van der Waals surface area contributed by atoms with Crippen LogP contribution in [0.1, 0.15) is 0 Å². The van der Waals surface area contributed by atoms with E-state index >= 15 is 0 Å². The second-order valence-corrected chi connectivity index (χ2v) is 7.22. The van der Waals surface area contributed by atoms with Crippen molar-refractivity contribution in [1.29, 1.82) is 0 Å². The molecule has 0 bridgehead atoms. The number of halogens is 1. The predicted molar refractivity (Wildman–Crippen MR) is 75.4 cm³/mol. The molecular formula is C9H21FN2O8S2. The molecule has 13 heteroatoms. The van der Waals surface area contributed by atoms with Crippen LogP contribution in [-0.4, -0.2) is 83.4 Å². The summed E-state index contributed by atoms with van der Waals surface area (Å²) >= 11 is 0. The maximum atomic E-state index is 11.7. The molecule has 0 aromatic heterocycles. The van der Waals surface area contributed by atoms with E-state index in [0.29, 0.717) is 0 Å². The third-order valence-corrected chi connectivity index (χ3v) is 4.56. The third-order valence-electron chi connectivity index (χ3n) is 2.16. The predicted octanol–water partition coefficient (Wildman–Crippen LogP) is -1.77. The Morgan fingerprint density at radius 2 is 1.05 bits per heavy atom. The lowest BCUT2D eigenvalue weighted by molar-refractivity contribution is 0.109. The summed E-state index contributed by atoms with van der Waals surface area (Å²) in [6, 6.07) is 0. The van der Waals surface area contributed by atoms with E-state index in [2.05, 4.69) is 10.6 Å². The molecule has 0 aromatic rings. The molecule has 134 valence electrons. The van der Waals surface area contributed by atoms with Gasteiger partial charge in [-0.3, -0.25) is 9.11 Å². The zero-order valence-corrected chi connectivity index (χ0v) is 13.4. The van der Waals surface area contributed by atoms with Crippen LogP contribution in [-0.2, 0) is 29.7 Å². The Balaban J connectivity index is 0.000000315. The van der Waals surface area contributed by atoms with E-state index in [-0.39, 0.29) is 0 Å². The molecule has 0 aliphatic carbocycles. The molecule has 2 rings (SSSR count). The van der Waals surface area contributed by atoms with Crippen molar-refractivity contribution in [3.8, 4) is 0 Å². The van der Waals surface area contributed by atoms with Gasteiger partial charge in [-0.25, -0.2) is 4.39 Å². The van der Waals surface area contributed by atoms with E-state index < -0.39 is 25.1 Å². The van der Waals surface area contributed by atoms with E-state index in [0.717, 1.165) is 52.6 Å². The molecule has 4 N–H and O–H groups in total. The van der Waals surface area contributed by atoms with E-state index in [4.69, 9.17) is 18.6 Å². The number of alkyl halides is 1. The fourth-order valence-corrected chi connectivity index (χ4v) is 2.41. The van der Waals surface area contributed by atoms with Crippen LogP contribution < -0.4 is 10.6 Å². The maximum Gasteiger partial charge on any atom is 0.348 e. The number of hydrogen-bond acceptors (Lipinski definition) is 8. The van der Waals surface area contributed by atoms with Crippen LogP contribution in [0.3, 0.4) is 0 Å². The second-order valence-electron chi connectivity index (χ2n) is 4.03. The zero-order valence-electron chi connectivity index (χ0n) is 11.8. The van der Waals surface area contributed by atoms with E-state index in [1.54, 1.807) is 0 Å². The Hall–Kier alpha value is -0.410. The first kappa shape index (κ1) is 21.6. The van der Waals surface area contributed by atoms with Crippen molar-refractivity contribution in [3.63, 3.8) is 0 Å². The minimum atomic E-state index is -5.37. The van der Waals surface area contributed by atoms with Crippen molar-refractivity contribution < 1.29 is 39.8 Å². The highest BCUT2D eigenvalue weighted by atomic mass is 32.3. The van der Waals surface area contributed by atoms with Gasteiger partial charge >= 0.3 is 25.1 Å². The minimum Gasteiger partial charge on any atom is -0.379 e. The Bertz CT molecular complexity index is 409. The molecule has 0 spiro atoms. The van der Waals surface area contributed by atoms with Crippen molar-refractivity contribution in [3.05, 3.63) is 0 Å². The van der Waals surface area contributed by atoms with Gasteiger partial charge in [0.1, 0.15) is 0 Å². The Labute approximate surface area is 128 Å². The Kier molecular flexibility index (Phi) is 11.0. The van der Waals surface area contributed by atoms with Gasteiger partial charge in [0.2, 0.25) is 0 Å². The molecule has 2 heterocycles. The smallest absolute Gasteiger partial charge is 0.348 e. The quantitative estimate of drug-likeness (QED) is 0.412. The van der Waals surface area contributed by atoms with Crippen LogP contribution in [0, 0.1) is 0 Å². The summed E-state index contributed by atoms with van der Waals surface area (Å²) in [4.78, 5) is -3.68. The average Bonchev–Trinajstić information content (AvgIpc) is 2.49. The number of nitrogens with one attached hydrogen (secondary N) is 2. The molecule has 0 saturated carbocycles. The second kappa shape index (κ2) is 11.2. The Morgan fingerprint density at radius 3 is 1.09 bits per heavy atom.